The van der Waals surface area contributed by atoms with Crippen molar-refractivity contribution in [1.29, 1.82) is 0 Å². The summed E-state index contributed by atoms with van der Waals surface area (Å²) < 4.78 is 5.52. The van der Waals surface area contributed by atoms with E-state index in [-0.39, 0.29) is 5.41 Å². The minimum atomic E-state index is -0.627. The predicted octanol–water partition coefficient (Wildman–Crippen LogP) is 4.12. The largest absolute Gasteiger partial charge is 0.387 e. The lowest BCUT2D eigenvalue weighted by molar-refractivity contribution is -0.0170. The number of hydrogen-bond acceptors (Lipinski definition) is 2. The smallest absolute Gasteiger partial charge is 0.0902 e. The maximum atomic E-state index is 11.1. The molecule has 0 aromatic heterocycles. The molecule has 1 heterocycles. The summed E-state index contributed by atoms with van der Waals surface area (Å²) in [7, 11) is 0. The highest BCUT2D eigenvalue weighted by atomic mass is 35.5. The molecule has 3 heteroatoms. The SMILES string of the molecule is OC(c1ccccc1Cl)C1(c2ccccc2)CCOCC1. The quantitative estimate of drug-likeness (QED) is 0.924. The molecule has 2 aromatic rings. The van der Waals surface area contributed by atoms with E-state index >= 15 is 0 Å². The Morgan fingerprint density at radius 3 is 2.24 bits per heavy atom. The molecule has 3 rings (SSSR count). The zero-order chi connectivity index (χ0) is 14.7. The molecule has 1 aliphatic rings. The molecule has 21 heavy (non-hydrogen) atoms. The molecule has 0 amide bonds. The Hall–Kier alpha value is -1.35. The first-order chi connectivity index (χ1) is 10.2. The molecular formula is C18H19ClO2. The molecule has 0 spiro atoms. The molecule has 0 radical (unpaired) electrons. The van der Waals surface area contributed by atoms with Gasteiger partial charge >= 0.3 is 0 Å². The zero-order valence-corrected chi connectivity index (χ0v) is 12.6. The fourth-order valence-electron chi connectivity index (χ4n) is 3.22. The van der Waals surface area contributed by atoms with Crippen LogP contribution in [0.25, 0.3) is 0 Å². The highest BCUT2D eigenvalue weighted by molar-refractivity contribution is 6.31. The van der Waals surface area contributed by atoms with Crippen LogP contribution < -0.4 is 0 Å². The third kappa shape index (κ3) is 2.71. The Labute approximate surface area is 130 Å². The Kier molecular flexibility index (Phi) is 4.29. The molecule has 1 fully saturated rings. The highest BCUT2D eigenvalue weighted by Crippen LogP contribution is 2.46. The molecule has 0 aliphatic carbocycles. The average molecular weight is 303 g/mol. The van der Waals surface area contributed by atoms with E-state index in [0.717, 1.165) is 24.0 Å². The van der Waals surface area contributed by atoms with Crippen LogP contribution in [-0.4, -0.2) is 18.3 Å². The lowest BCUT2D eigenvalue weighted by Crippen LogP contribution is -2.39. The minimum Gasteiger partial charge on any atom is -0.387 e. The summed E-state index contributed by atoms with van der Waals surface area (Å²) in [4.78, 5) is 0. The molecule has 0 saturated carbocycles. The summed E-state index contributed by atoms with van der Waals surface area (Å²) >= 11 is 6.30. The maximum absolute atomic E-state index is 11.1. The van der Waals surface area contributed by atoms with E-state index in [2.05, 4.69) is 12.1 Å². The molecular weight excluding hydrogens is 284 g/mol. The van der Waals surface area contributed by atoms with Crippen molar-refractivity contribution in [2.45, 2.75) is 24.4 Å². The number of halogens is 1. The van der Waals surface area contributed by atoms with Crippen molar-refractivity contribution in [3.05, 3.63) is 70.7 Å². The molecule has 110 valence electrons. The number of aliphatic hydroxyl groups is 1. The first-order valence-corrected chi connectivity index (χ1v) is 7.67. The summed E-state index contributed by atoms with van der Waals surface area (Å²) in [5.74, 6) is 0. The summed E-state index contributed by atoms with van der Waals surface area (Å²) in [6.45, 7) is 1.33. The monoisotopic (exact) mass is 302 g/mol. The van der Waals surface area contributed by atoms with Gasteiger partial charge in [-0.3, -0.25) is 0 Å². The third-order valence-corrected chi connectivity index (χ3v) is 4.80. The van der Waals surface area contributed by atoms with Crippen LogP contribution in [0.2, 0.25) is 5.02 Å². The Balaban J connectivity index is 2.06. The van der Waals surface area contributed by atoms with Crippen molar-refractivity contribution in [2.75, 3.05) is 13.2 Å². The van der Waals surface area contributed by atoms with E-state index in [1.807, 2.05) is 42.5 Å². The molecule has 0 bridgehead atoms. The second-order valence-electron chi connectivity index (χ2n) is 5.56. The normalized spacial score (nSPS) is 19.1. The number of benzene rings is 2. The molecule has 2 aromatic carbocycles. The van der Waals surface area contributed by atoms with Crippen LogP contribution in [0.1, 0.15) is 30.1 Å². The second kappa shape index (κ2) is 6.18. The van der Waals surface area contributed by atoms with E-state index in [0.29, 0.717) is 18.2 Å². The summed E-state index contributed by atoms with van der Waals surface area (Å²) in [6, 6.07) is 17.8. The fourth-order valence-corrected chi connectivity index (χ4v) is 3.46. The van der Waals surface area contributed by atoms with Crippen molar-refractivity contribution >= 4 is 11.6 Å². The lowest BCUT2D eigenvalue weighted by atomic mass is 9.68. The van der Waals surface area contributed by atoms with Gasteiger partial charge in [-0.2, -0.15) is 0 Å². The summed E-state index contributed by atoms with van der Waals surface area (Å²) in [5, 5.41) is 11.7. The molecule has 2 nitrogen and oxygen atoms in total. The van der Waals surface area contributed by atoms with Crippen molar-refractivity contribution in [3.8, 4) is 0 Å². The number of aliphatic hydroxyl groups excluding tert-OH is 1. The van der Waals surface area contributed by atoms with Gasteiger partial charge in [-0.15, -0.1) is 0 Å². The minimum absolute atomic E-state index is 0.329. The Morgan fingerprint density at radius 2 is 1.57 bits per heavy atom. The van der Waals surface area contributed by atoms with Gasteiger partial charge in [0.2, 0.25) is 0 Å². The van der Waals surface area contributed by atoms with E-state index < -0.39 is 6.10 Å². The molecule has 1 unspecified atom stereocenters. The highest BCUT2D eigenvalue weighted by Gasteiger charge is 2.42. The topological polar surface area (TPSA) is 29.5 Å². The van der Waals surface area contributed by atoms with Gasteiger partial charge in [0.05, 0.1) is 6.10 Å². The molecule has 1 saturated heterocycles. The van der Waals surface area contributed by atoms with Crippen LogP contribution in [0.5, 0.6) is 0 Å². The zero-order valence-electron chi connectivity index (χ0n) is 11.8. The van der Waals surface area contributed by atoms with Crippen LogP contribution in [0.3, 0.4) is 0 Å². The van der Waals surface area contributed by atoms with Crippen molar-refractivity contribution in [2.24, 2.45) is 0 Å². The lowest BCUT2D eigenvalue weighted by Gasteiger charge is -2.42. The van der Waals surface area contributed by atoms with Gasteiger partial charge < -0.3 is 9.84 Å². The number of ether oxygens (including phenoxy) is 1. The van der Waals surface area contributed by atoms with Gasteiger partial charge in [-0.1, -0.05) is 60.1 Å². The fraction of sp³-hybridized carbons (Fsp3) is 0.333. The second-order valence-corrected chi connectivity index (χ2v) is 5.97. The van der Waals surface area contributed by atoms with Crippen LogP contribution in [-0.2, 0) is 10.2 Å². The summed E-state index contributed by atoms with van der Waals surface area (Å²) in [5.41, 5.74) is 1.62. The van der Waals surface area contributed by atoms with E-state index in [1.165, 1.54) is 0 Å². The molecule has 1 N–H and O–H groups in total. The van der Waals surface area contributed by atoms with Gasteiger partial charge in [0, 0.05) is 23.7 Å². The van der Waals surface area contributed by atoms with Crippen molar-refractivity contribution in [1.82, 2.24) is 0 Å². The summed E-state index contributed by atoms with van der Waals surface area (Å²) in [6.07, 6.45) is 0.963. The van der Waals surface area contributed by atoms with Crippen LogP contribution in [0.4, 0.5) is 0 Å². The van der Waals surface area contributed by atoms with Crippen LogP contribution in [0.15, 0.2) is 54.6 Å². The number of rotatable bonds is 3. The van der Waals surface area contributed by atoms with Gasteiger partial charge in [0.25, 0.3) is 0 Å². The van der Waals surface area contributed by atoms with E-state index in [9.17, 15) is 5.11 Å². The first kappa shape index (κ1) is 14.6. The van der Waals surface area contributed by atoms with Gasteiger partial charge in [0.1, 0.15) is 0 Å². The Morgan fingerprint density at radius 1 is 0.952 bits per heavy atom. The van der Waals surface area contributed by atoms with Gasteiger partial charge in [-0.05, 0) is 30.0 Å². The van der Waals surface area contributed by atoms with E-state index in [1.54, 1.807) is 0 Å². The van der Waals surface area contributed by atoms with Gasteiger partial charge in [0.15, 0.2) is 0 Å². The van der Waals surface area contributed by atoms with Crippen LogP contribution in [0, 0.1) is 0 Å². The van der Waals surface area contributed by atoms with Crippen LogP contribution >= 0.6 is 11.6 Å². The maximum Gasteiger partial charge on any atom is 0.0902 e. The third-order valence-electron chi connectivity index (χ3n) is 4.46. The average Bonchev–Trinajstić information content (AvgIpc) is 2.56. The standard InChI is InChI=1S/C18H19ClO2/c19-16-9-5-4-8-15(16)17(20)18(10-12-21-13-11-18)14-6-2-1-3-7-14/h1-9,17,20H,10-13H2. The molecule has 1 aliphatic heterocycles. The number of hydrogen-bond donors (Lipinski definition) is 1. The van der Waals surface area contributed by atoms with Crippen molar-refractivity contribution in [3.63, 3.8) is 0 Å². The first-order valence-electron chi connectivity index (χ1n) is 7.30. The van der Waals surface area contributed by atoms with Crippen molar-refractivity contribution < 1.29 is 9.84 Å². The molecule has 1 atom stereocenters. The van der Waals surface area contributed by atoms with E-state index in [4.69, 9.17) is 16.3 Å². The van der Waals surface area contributed by atoms with Gasteiger partial charge in [-0.25, -0.2) is 0 Å². The Bertz CT molecular complexity index is 591. The predicted molar refractivity (Wildman–Crippen MR) is 84.6 cm³/mol.